The molecule has 0 saturated carbocycles. The Morgan fingerprint density at radius 3 is 2.91 bits per heavy atom. The van der Waals surface area contributed by atoms with E-state index in [-0.39, 0.29) is 12.1 Å². The van der Waals surface area contributed by atoms with Gasteiger partial charge in [0.25, 0.3) is 0 Å². The van der Waals surface area contributed by atoms with Crippen molar-refractivity contribution in [3.8, 4) is 0 Å². The summed E-state index contributed by atoms with van der Waals surface area (Å²) >= 11 is 0. The topological polar surface area (TPSA) is 83.8 Å². The molecule has 1 saturated heterocycles. The predicted octanol–water partition coefficient (Wildman–Crippen LogP) is 2.56. The molecule has 0 spiro atoms. The minimum Gasteiger partial charge on any atom is -0.467 e. The van der Waals surface area contributed by atoms with Gasteiger partial charge in [0.05, 0.1) is 19.4 Å². The molecule has 2 N–H and O–H groups in total. The molecule has 22 heavy (non-hydrogen) atoms. The van der Waals surface area contributed by atoms with Gasteiger partial charge in [0, 0.05) is 11.4 Å². The number of ether oxygens (including phenoxy) is 1. The van der Waals surface area contributed by atoms with Crippen molar-refractivity contribution in [3.63, 3.8) is 0 Å². The van der Waals surface area contributed by atoms with E-state index < -0.39 is 0 Å². The van der Waals surface area contributed by atoms with Crippen LogP contribution in [0.1, 0.15) is 5.76 Å². The van der Waals surface area contributed by atoms with Crippen molar-refractivity contribution in [3.05, 3.63) is 48.4 Å². The highest BCUT2D eigenvalue weighted by molar-refractivity contribution is 5.93. The first kappa shape index (κ1) is 14.0. The lowest BCUT2D eigenvalue weighted by Crippen LogP contribution is -2.28. The van der Waals surface area contributed by atoms with E-state index >= 15 is 0 Å². The maximum absolute atomic E-state index is 11.8. The zero-order valence-electron chi connectivity index (χ0n) is 11.7. The Morgan fingerprint density at radius 2 is 2.18 bits per heavy atom. The van der Waals surface area contributed by atoms with Crippen molar-refractivity contribution in [2.24, 2.45) is 0 Å². The zero-order valence-corrected chi connectivity index (χ0v) is 11.7. The fourth-order valence-electron chi connectivity index (χ4n) is 2.14. The number of carbonyl (C=O) groups is 2. The van der Waals surface area contributed by atoms with Crippen LogP contribution in [-0.4, -0.2) is 25.3 Å². The van der Waals surface area contributed by atoms with Crippen LogP contribution in [0.2, 0.25) is 0 Å². The molecule has 0 bridgehead atoms. The summed E-state index contributed by atoms with van der Waals surface area (Å²) in [4.78, 5) is 24.9. The Morgan fingerprint density at radius 1 is 1.27 bits per heavy atom. The molecule has 0 unspecified atom stereocenters. The molecule has 1 aromatic heterocycles. The van der Waals surface area contributed by atoms with Crippen LogP contribution >= 0.6 is 0 Å². The third-order valence-electron chi connectivity index (χ3n) is 3.18. The second kappa shape index (κ2) is 6.21. The monoisotopic (exact) mass is 301 g/mol. The molecule has 1 fully saturated rings. The number of hydrogen-bond donors (Lipinski definition) is 2. The van der Waals surface area contributed by atoms with Crippen LogP contribution in [0.3, 0.4) is 0 Å². The van der Waals surface area contributed by atoms with Crippen LogP contribution in [0.4, 0.5) is 21.0 Å². The van der Waals surface area contributed by atoms with Crippen molar-refractivity contribution in [2.75, 3.05) is 23.4 Å². The van der Waals surface area contributed by atoms with E-state index in [0.29, 0.717) is 36.8 Å². The van der Waals surface area contributed by atoms with Gasteiger partial charge in [0.15, 0.2) is 0 Å². The molecular weight excluding hydrogens is 286 g/mol. The standard InChI is InChI=1S/C15H15N3O4/c19-14(16-10-13-5-2-7-21-13)17-11-3-1-4-12(9-11)18-6-8-22-15(18)20/h1-5,7,9H,6,8,10H2,(H2,16,17,19). The van der Waals surface area contributed by atoms with Gasteiger partial charge >= 0.3 is 12.1 Å². The number of nitrogens with one attached hydrogen (secondary N) is 2. The summed E-state index contributed by atoms with van der Waals surface area (Å²) in [5.41, 5.74) is 1.28. The van der Waals surface area contributed by atoms with Gasteiger partial charge in [-0.3, -0.25) is 4.90 Å². The number of cyclic esters (lactones) is 1. The highest BCUT2D eigenvalue weighted by Crippen LogP contribution is 2.22. The van der Waals surface area contributed by atoms with Crippen LogP contribution in [0, 0.1) is 0 Å². The van der Waals surface area contributed by atoms with Crippen molar-refractivity contribution in [1.29, 1.82) is 0 Å². The number of amides is 3. The molecule has 1 aliphatic heterocycles. The molecule has 2 aromatic rings. The fourth-order valence-corrected chi connectivity index (χ4v) is 2.14. The summed E-state index contributed by atoms with van der Waals surface area (Å²) in [6.45, 7) is 1.18. The number of benzene rings is 1. The Hall–Kier alpha value is -2.96. The molecule has 7 nitrogen and oxygen atoms in total. The minimum absolute atomic E-state index is 0.303. The quantitative estimate of drug-likeness (QED) is 0.909. The Bertz CT molecular complexity index is 669. The van der Waals surface area contributed by atoms with Crippen molar-refractivity contribution in [2.45, 2.75) is 6.54 Å². The minimum atomic E-state index is -0.376. The van der Waals surface area contributed by atoms with Gasteiger partial charge in [-0.15, -0.1) is 0 Å². The number of hydrogen-bond acceptors (Lipinski definition) is 4. The maximum atomic E-state index is 11.8. The van der Waals surface area contributed by atoms with E-state index in [2.05, 4.69) is 10.6 Å². The summed E-state index contributed by atoms with van der Waals surface area (Å²) in [5, 5.41) is 5.39. The number of urea groups is 1. The molecule has 0 atom stereocenters. The first-order valence-corrected chi connectivity index (χ1v) is 6.84. The maximum Gasteiger partial charge on any atom is 0.414 e. The number of nitrogens with zero attached hydrogens (tertiary/aromatic N) is 1. The lowest BCUT2D eigenvalue weighted by atomic mass is 10.2. The second-order valence-corrected chi connectivity index (χ2v) is 4.70. The first-order chi connectivity index (χ1) is 10.7. The predicted molar refractivity (Wildman–Crippen MR) is 79.7 cm³/mol. The number of rotatable bonds is 4. The van der Waals surface area contributed by atoms with Gasteiger partial charge < -0.3 is 19.8 Å². The molecule has 7 heteroatoms. The average molecular weight is 301 g/mol. The number of furan rings is 1. The molecule has 2 heterocycles. The lowest BCUT2D eigenvalue weighted by Gasteiger charge is -2.14. The summed E-state index contributed by atoms with van der Waals surface area (Å²) in [5.74, 6) is 0.670. The molecule has 1 aliphatic rings. The van der Waals surface area contributed by atoms with Gasteiger partial charge in [-0.1, -0.05) is 6.07 Å². The van der Waals surface area contributed by atoms with Gasteiger partial charge in [0.1, 0.15) is 12.4 Å². The SMILES string of the molecule is O=C(NCc1ccco1)Nc1cccc(N2CCOC2=O)c1. The van der Waals surface area contributed by atoms with E-state index in [1.807, 2.05) is 0 Å². The van der Waals surface area contributed by atoms with Gasteiger partial charge in [-0.25, -0.2) is 9.59 Å². The average Bonchev–Trinajstić information content (AvgIpc) is 3.16. The lowest BCUT2D eigenvalue weighted by molar-refractivity contribution is 0.181. The van der Waals surface area contributed by atoms with Gasteiger partial charge in [-0.2, -0.15) is 0 Å². The molecule has 1 aromatic carbocycles. The normalized spacial score (nSPS) is 13.8. The number of anilines is 2. The molecule has 0 aliphatic carbocycles. The van der Waals surface area contributed by atoms with Crippen molar-refractivity contribution < 1.29 is 18.7 Å². The summed E-state index contributed by atoms with van der Waals surface area (Å²) in [6.07, 6.45) is 1.17. The van der Waals surface area contributed by atoms with Crippen LogP contribution in [-0.2, 0) is 11.3 Å². The summed E-state index contributed by atoms with van der Waals surface area (Å²) < 4.78 is 10.0. The highest BCUT2D eigenvalue weighted by atomic mass is 16.6. The highest BCUT2D eigenvalue weighted by Gasteiger charge is 2.23. The van der Waals surface area contributed by atoms with E-state index in [1.165, 1.54) is 4.90 Å². The van der Waals surface area contributed by atoms with Crippen molar-refractivity contribution >= 4 is 23.5 Å². The molecule has 0 radical (unpaired) electrons. The van der Waals surface area contributed by atoms with Crippen molar-refractivity contribution in [1.82, 2.24) is 5.32 Å². The Balaban J connectivity index is 1.60. The first-order valence-electron chi connectivity index (χ1n) is 6.84. The Kier molecular flexibility index (Phi) is 3.95. The van der Waals surface area contributed by atoms with Gasteiger partial charge in [-0.05, 0) is 30.3 Å². The zero-order chi connectivity index (χ0) is 15.4. The van der Waals surface area contributed by atoms with Crippen LogP contribution < -0.4 is 15.5 Å². The number of carbonyl (C=O) groups excluding carboxylic acids is 2. The Labute approximate surface area is 126 Å². The third-order valence-corrected chi connectivity index (χ3v) is 3.18. The smallest absolute Gasteiger partial charge is 0.414 e. The van der Waals surface area contributed by atoms with E-state index in [0.717, 1.165) is 0 Å². The summed E-state index contributed by atoms with van der Waals surface area (Å²) in [7, 11) is 0. The molecular formula is C15H15N3O4. The third kappa shape index (κ3) is 3.20. The van der Waals surface area contributed by atoms with Crippen LogP contribution in [0.15, 0.2) is 47.1 Å². The molecule has 3 rings (SSSR count). The van der Waals surface area contributed by atoms with Crippen LogP contribution in [0.5, 0.6) is 0 Å². The fraction of sp³-hybridized carbons (Fsp3) is 0.200. The summed E-state index contributed by atoms with van der Waals surface area (Å²) in [6, 6.07) is 10.2. The van der Waals surface area contributed by atoms with Gasteiger partial charge in [0.2, 0.25) is 0 Å². The molecule has 114 valence electrons. The largest absolute Gasteiger partial charge is 0.467 e. The van der Waals surface area contributed by atoms with E-state index in [4.69, 9.17) is 9.15 Å². The second-order valence-electron chi connectivity index (χ2n) is 4.70. The molecule has 3 amide bonds. The van der Waals surface area contributed by atoms with E-state index in [1.54, 1.807) is 42.7 Å². The van der Waals surface area contributed by atoms with E-state index in [9.17, 15) is 9.59 Å². The van der Waals surface area contributed by atoms with Crippen LogP contribution in [0.25, 0.3) is 0 Å².